The molecule has 0 spiro atoms. The molecule has 0 atom stereocenters. The molecule has 69 heavy (non-hydrogen) atoms. The maximum absolute atomic E-state index is 10.7. The van der Waals surface area contributed by atoms with E-state index in [-0.39, 0.29) is 34.1 Å². The quantitative estimate of drug-likeness (QED) is 0.0601. The summed E-state index contributed by atoms with van der Waals surface area (Å²) in [5.74, 6) is 3.19. The molecule has 0 amide bonds. The Balaban J connectivity index is -0.0000000524. The van der Waals surface area contributed by atoms with E-state index >= 15 is 0 Å². The van der Waals surface area contributed by atoms with Gasteiger partial charge in [-0.25, -0.2) is 0 Å². The Morgan fingerprint density at radius 3 is 0.362 bits per heavy atom. The third-order valence-corrected chi connectivity index (χ3v) is 18.9. The van der Waals surface area contributed by atoms with Crippen LogP contribution >= 0.6 is 71.2 Å². The third-order valence-electron chi connectivity index (χ3n) is 5.54. The minimum absolute atomic E-state index is 0. The molecule has 21 heteroatoms. The van der Waals surface area contributed by atoms with E-state index < -0.39 is 40.1 Å². The fourth-order valence-corrected chi connectivity index (χ4v) is 14.4. The fourth-order valence-electron chi connectivity index (χ4n) is 1.60. The summed E-state index contributed by atoms with van der Waals surface area (Å²) in [7, 11) is -12.4. The molecule has 0 nitrogen and oxygen atoms in total. The fraction of sp³-hybridized carbons (Fsp3) is 0.750. The van der Waals surface area contributed by atoms with Crippen molar-refractivity contribution in [1.82, 2.24) is 0 Å². The number of hydrogen-bond donors (Lipinski definition) is 0. The summed E-state index contributed by atoms with van der Waals surface area (Å²) in [4.78, 5) is 0. The van der Waals surface area contributed by atoms with Crippen LogP contribution in [0.2, 0.25) is 78.6 Å². The van der Waals surface area contributed by atoms with E-state index in [0.717, 1.165) is 0 Å². The van der Waals surface area contributed by atoms with E-state index in [1.54, 1.807) is 11.8 Å². The zero-order valence-corrected chi connectivity index (χ0v) is 63.1. The van der Waals surface area contributed by atoms with Crippen LogP contribution in [0.3, 0.4) is 0 Å². The average molecular weight is 1290 g/mol. The van der Waals surface area contributed by atoms with Gasteiger partial charge in [0.1, 0.15) is 0 Å². The van der Waals surface area contributed by atoms with Crippen molar-refractivity contribution < 1.29 is 59.3 Å². The van der Waals surface area contributed by atoms with Crippen LogP contribution in [-0.2, 0) is 34.1 Å². The van der Waals surface area contributed by atoms with Crippen molar-refractivity contribution >= 4 is 103 Å². The molecular weight excluding hydrogens is 1190 g/mol. The second kappa shape index (κ2) is 54.1. The normalized spacial score (nSPS) is 11.3. The van der Waals surface area contributed by atoms with Gasteiger partial charge in [0.15, 0.2) is 0 Å². The molecule has 0 N–H and O–H groups in total. The van der Waals surface area contributed by atoms with Gasteiger partial charge in [-0.05, 0) is 156 Å². The van der Waals surface area contributed by atoms with Gasteiger partial charge in [-0.2, -0.15) is 0 Å². The van der Waals surface area contributed by atoms with E-state index in [9.17, 15) is 25.2 Å². The van der Waals surface area contributed by atoms with Crippen LogP contribution in [0, 0.1) is 72.6 Å². The Bertz CT molecular complexity index is 1170. The number of halogens is 6. The van der Waals surface area contributed by atoms with Crippen molar-refractivity contribution in [2.45, 2.75) is 78.6 Å². The molecule has 0 aromatic rings. The minimum Gasteiger partial charge on any atom is -0.701 e. The summed E-state index contributed by atoms with van der Waals surface area (Å²) in [6.45, 7) is 62.7. The van der Waals surface area contributed by atoms with Crippen molar-refractivity contribution in [3.8, 4) is 34.0 Å². The zero-order valence-electron chi connectivity index (χ0n) is 48.7. The van der Waals surface area contributed by atoms with Crippen molar-refractivity contribution in [2.24, 2.45) is 0 Å². The second-order valence-electron chi connectivity index (χ2n) is 21.1. The van der Waals surface area contributed by atoms with Gasteiger partial charge in [-0.3, -0.25) is 0 Å². The first-order valence-corrected chi connectivity index (χ1v) is 56.8. The van der Waals surface area contributed by atoms with Gasteiger partial charge in [0, 0.05) is 17.1 Å². The Morgan fingerprint density at radius 1 is 0.290 bits per heavy atom. The van der Waals surface area contributed by atoms with E-state index in [0.29, 0.717) is 63.4 Å². The summed E-state index contributed by atoms with van der Waals surface area (Å²) in [5, 5.41) is 0. The molecule has 0 aliphatic carbocycles. The summed E-state index contributed by atoms with van der Waals surface area (Å²) in [6, 6.07) is 0. The minimum atomic E-state index is -10.7. The van der Waals surface area contributed by atoms with Gasteiger partial charge >= 0.3 is 50.1 Å². The van der Waals surface area contributed by atoms with Gasteiger partial charge in [-0.1, -0.05) is 78.6 Å². The van der Waals surface area contributed by atoms with Crippen LogP contribution in [0.4, 0.5) is 25.2 Å². The molecule has 1 radical (unpaired) electrons. The van der Waals surface area contributed by atoms with Crippen LogP contribution in [0.15, 0.2) is 0 Å². The molecule has 0 saturated heterocycles. The topological polar surface area (TPSA) is 0 Å². The molecular formula is C48H100F6Mn2P9Si4-4. The molecule has 0 bridgehead atoms. The van der Waals surface area contributed by atoms with Crippen LogP contribution in [0.5, 0.6) is 0 Å². The molecule has 0 rings (SSSR count). The molecule has 0 saturated carbocycles. The maximum Gasteiger partial charge on any atom is 3.00 e. The Hall–Kier alpha value is 2.72. The summed E-state index contributed by atoms with van der Waals surface area (Å²) in [5.41, 5.74) is 9.97. The number of hydrogen-bond acceptors (Lipinski definition) is 0. The van der Waals surface area contributed by atoms with Gasteiger partial charge in [0.25, 0.3) is 0 Å². The molecule has 0 aromatic carbocycles. The first-order valence-electron chi connectivity index (χ1n) is 21.4. The summed E-state index contributed by atoms with van der Waals surface area (Å²) < 4.78 is 59.2. The van der Waals surface area contributed by atoms with Crippen molar-refractivity contribution in [3.05, 3.63) is 38.5 Å². The molecule has 0 fully saturated rings. The van der Waals surface area contributed by atoms with Crippen molar-refractivity contribution in [2.75, 3.05) is 156 Å². The molecule has 413 valence electrons. The van der Waals surface area contributed by atoms with Crippen LogP contribution in [0.1, 0.15) is 0 Å². The predicted octanol–water partition coefficient (Wildman–Crippen LogP) is 19.2. The van der Waals surface area contributed by atoms with Crippen molar-refractivity contribution in [1.29, 1.82) is 0 Å². The van der Waals surface area contributed by atoms with E-state index in [4.69, 9.17) is 38.5 Å². The second-order valence-corrected chi connectivity index (χ2v) is 62.9. The van der Waals surface area contributed by atoms with Gasteiger partial charge < -0.3 is 72.6 Å². The van der Waals surface area contributed by atoms with E-state index in [2.05, 4.69) is 207 Å². The smallest absolute Gasteiger partial charge is 0.701 e. The summed E-state index contributed by atoms with van der Waals surface area (Å²) >= 11 is 0. The van der Waals surface area contributed by atoms with Gasteiger partial charge in [0.2, 0.25) is 0 Å². The first-order chi connectivity index (χ1) is 29.1. The molecule has 0 aromatic heterocycles. The van der Waals surface area contributed by atoms with Crippen LogP contribution < -0.4 is 0 Å². The third kappa shape index (κ3) is 262. The molecule has 0 aliphatic rings. The maximum atomic E-state index is 9.87. The van der Waals surface area contributed by atoms with Crippen LogP contribution in [0.25, 0.3) is 0 Å². The monoisotopic (exact) mass is 1290 g/mol. The SMILES string of the molecule is CP(C)CCP(C)C.CP(C)CCP(C)C.CP(C)CCP(C)C.CP(C)CCP(C)C.F[P-](F)(F)(F)(F)F.[C-]#CC#[C-].[C-]#C[Si](C)(C)C.[C-]#C[Si](C)(C)C.[C-]#C[Si](C)(C)C.[C-]#C[Si](C)(C)C.[Mn+3].[Mn]. The Labute approximate surface area is 466 Å². The van der Waals surface area contributed by atoms with E-state index in [1.165, 1.54) is 49.3 Å². The molecule has 0 aliphatic heterocycles. The Morgan fingerprint density at radius 2 is 0.348 bits per heavy atom. The molecule has 0 unspecified atom stereocenters. The first kappa shape index (κ1) is 101. The molecule has 0 heterocycles. The van der Waals surface area contributed by atoms with Gasteiger partial charge in [-0.15, -0.1) is 63.4 Å². The zero-order chi connectivity index (χ0) is 56.9. The number of rotatable bonds is 12. The average Bonchev–Trinajstić information content (AvgIpc) is 3.11. The predicted molar refractivity (Wildman–Crippen MR) is 339 cm³/mol. The van der Waals surface area contributed by atoms with E-state index in [1.807, 2.05) is 0 Å². The largest absolute Gasteiger partial charge is 3.00 e. The van der Waals surface area contributed by atoms with Crippen LogP contribution in [-0.4, -0.2) is 188 Å². The van der Waals surface area contributed by atoms with Crippen molar-refractivity contribution in [3.63, 3.8) is 0 Å². The Kier molecular flexibility index (Phi) is 78.8. The van der Waals surface area contributed by atoms with Gasteiger partial charge in [0.05, 0.1) is 32.3 Å². The standard InChI is InChI=1S/4C6H16P2.4C5H9Si.C4.F6P.2Mn/c4*1-7(2)5-6-8(3)4;4*1-5-6(2,3)4;1-3-4-2;1-7(2,3,4,5)6;;/h4*5-6H2,1-4H3;4*2-4H3;;;;/q;;;;4*-1;-2;-1;;+3. The summed E-state index contributed by atoms with van der Waals surface area (Å²) in [6.07, 6.45) is 50.3.